The molecule has 2 rings (SSSR count). The van der Waals surface area contributed by atoms with Gasteiger partial charge in [0.1, 0.15) is 5.75 Å². The summed E-state index contributed by atoms with van der Waals surface area (Å²) in [4.78, 5) is 14.4. The van der Waals surface area contributed by atoms with Gasteiger partial charge in [-0.15, -0.1) is 0 Å². The number of carbonyl (C=O) groups is 1. The van der Waals surface area contributed by atoms with Crippen LogP contribution in [0.25, 0.3) is 0 Å². The Morgan fingerprint density at radius 2 is 2.10 bits per heavy atom. The van der Waals surface area contributed by atoms with Gasteiger partial charge in [-0.25, -0.2) is 0 Å². The summed E-state index contributed by atoms with van der Waals surface area (Å²) in [5.41, 5.74) is 6.94. The van der Waals surface area contributed by atoms with Crippen LogP contribution in [0.5, 0.6) is 5.75 Å². The van der Waals surface area contributed by atoms with E-state index in [0.29, 0.717) is 13.0 Å². The highest BCUT2D eigenvalue weighted by Gasteiger charge is 2.38. The Balaban J connectivity index is 2.08. The fraction of sp³-hybridized carbons (Fsp3) is 0.588. The predicted molar refractivity (Wildman–Crippen MR) is 84.1 cm³/mol. The normalized spacial score (nSPS) is 17.7. The van der Waals surface area contributed by atoms with Gasteiger partial charge in [-0.3, -0.25) is 4.79 Å². The second kappa shape index (κ2) is 6.48. The van der Waals surface area contributed by atoms with Gasteiger partial charge in [-0.05, 0) is 37.8 Å². The van der Waals surface area contributed by atoms with E-state index in [1.54, 1.807) is 7.11 Å². The largest absolute Gasteiger partial charge is 0.496 e. The smallest absolute Gasteiger partial charge is 0.223 e. The SMILES string of the molecule is COc1ccccc1C(C)N(C)C(=O)CC1(CN)CCC1. The molecular formula is C17H26N2O2. The third kappa shape index (κ3) is 3.21. The van der Waals surface area contributed by atoms with Crippen molar-refractivity contribution in [3.63, 3.8) is 0 Å². The molecular weight excluding hydrogens is 264 g/mol. The van der Waals surface area contributed by atoms with Crippen LogP contribution in [0.3, 0.4) is 0 Å². The molecule has 1 unspecified atom stereocenters. The van der Waals surface area contributed by atoms with Crippen LogP contribution in [0.2, 0.25) is 0 Å². The Morgan fingerprint density at radius 3 is 2.62 bits per heavy atom. The predicted octanol–water partition coefficient (Wildman–Crippen LogP) is 2.73. The Labute approximate surface area is 127 Å². The first-order valence-electron chi connectivity index (χ1n) is 7.61. The van der Waals surface area contributed by atoms with Crippen LogP contribution >= 0.6 is 0 Å². The maximum atomic E-state index is 12.6. The van der Waals surface area contributed by atoms with Crippen molar-refractivity contribution in [2.75, 3.05) is 20.7 Å². The molecule has 1 aromatic rings. The van der Waals surface area contributed by atoms with Crippen molar-refractivity contribution >= 4 is 5.91 Å². The summed E-state index contributed by atoms with van der Waals surface area (Å²) in [7, 11) is 3.52. The van der Waals surface area contributed by atoms with Gasteiger partial charge in [0.15, 0.2) is 0 Å². The number of para-hydroxylation sites is 1. The molecule has 4 heteroatoms. The Kier molecular flexibility index (Phi) is 4.88. The van der Waals surface area contributed by atoms with Crippen LogP contribution in [0, 0.1) is 5.41 Å². The second-order valence-corrected chi connectivity index (χ2v) is 6.16. The van der Waals surface area contributed by atoms with Crippen LogP contribution in [-0.2, 0) is 4.79 Å². The van der Waals surface area contributed by atoms with Crippen molar-refractivity contribution < 1.29 is 9.53 Å². The van der Waals surface area contributed by atoms with Crippen molar-refractivity contribution in [2.45, 2.75) is 38.6 Å². The topological polar surface area (TPSA) is 55.6 Å². The van der Waals surface area contributed by atoms with E-state index in [-0.39, 0.29) is 17.4 Å². The molecule has 1 aliphatic carbocycles. The monoisotopic (exact) mass is 290 g/mol. The highest BCUT2D eigenvalue weighted by atomic mass is 16.5. The lowest BCUT2D eigenvalue weighted by Gasteiger charge is -2.41. The first-order chi connectivity index (χ1) is 10.0. The first-order valence-corrected chi connectivity index (χ1v) is 7.61. The van der Waals surface area contributed by atoms with E-state index in [2.05, 4.69) is 0 Å². The molecule has 0 spiro atoms. The fourth-order valence-corrected chi connectivity index (χ4v) is 3.01. The van der Waals surface area contributed by atoms with Gasteiger partial charge in [0.25, 0.3) is 0 Å². The van der Waals surface area contributed by atoms with E-state index >= 15 is 0 Å². The second-order valence-electron chi connectivity index (χ2n) is 6.16. The summed E-state index contributed by atoms with van der Waals surface area (Å²) in [6.45, 7) is 2.64. The van der Waals surface area contributed by atoms with Crippen LogP contribution in [0.15, 0.2) is 24.3 Å². The molecule has 0 saturated heterocycles. The van der Waals surface area contributed by atoms with Crippen molar-refractivity contribution in [2.24, 2.45) is 11.1 Å². The van der Waals surface area contributed by atoms with Gasteiger partial charge in [-0.1, -0.05) is 24.6 Å². The lowest BCUT2D eigenvalue weighted by molar-refractivity contribution is -0.135. The van der Waals surface area contributed by atoms with Crippen molar-refractivity contribution in [3.8, 4) is 5.75 Å². The Morgan fingerprint density at radius 1 is 1.43 bits per heavy atom. The summed E-state index contributed by atoms with van der Waals surface area (Å²) < 4.78 is 5.39. The lowest BCUT2D eigenvalue weighted by atomic mass is 9.66. The summed E-state index contributed by atoms with van der Waals surface area (Å²) in [5, 5.41) is 0. The van der Waals surface area contributed by atoms with E-state index in [1.807, 2.05) is 43.1 Å². The molecule has 0 radical (unpaired) electrons. The molecule has 1 aliphatic rings. The van der Waals surface area contributed by atoms with Gasteiger partial charge in [-0.2, -0.15) is 0 Å². The van der Waals surface area contributed by atoms with Crippen molar-refractivity contribution in [3.05, 3.63) is 29.8 Å². The average Bonchev–Trinajstić information content (AvgIpc) is 2.49. The quantitative estimate of drug-likeness (QED) is 0.876. The molecule has 116 valence electrons. The maximum absolute atomic E-state index is 12.6. The van der Waals surface area contributed by atoms with E-state index in [1.165, 1.54) is 6.42 Å². The molecule has 1 aromatic carbocycles. The van der Waals surface area contributed by atoms with Crippen LogP contribution < -0.4 is 10.5 Å². The average molecular weight is 290 g/mol. The van der Waals surface area contributed by atoms with Gasteiger partial charge in [0.2, 0.25) is 5.91 Å². The summed E-state index contributed by atoms with van der Waals surface area (Å²) in [6, 6.07) is 7.84. The van der Waals surface area contributed by atoms with Crippen LogP contribution in [0.1, 0.15) is 44.2 Å². The molecule has 1 atom stereocenters. The fourth-order valence-electron chi connectivity index (χ4n) is 3.01. The lowest BCUT2D eigenvalue weighted by Crippen LogP contribution is -2.42. The molecule has 1 amide bonds. The van der Waals surface area contributed by atoms with Gasteiger partial charge in [0.05, 0.1) is 13.2 Å². The number of rotatable bonds is 6. The minimum atomic E-state index is -0.0106. The molecule has 1 fully saturated rings. The molecule has 0 aromatic heterocycles. The van der Waals surface area contributed by atoms with E-state index < -0.39 is 0 Å². The van der Waals surface area contributed by atoms with E-state index in [0.717, 1.165) is 24.2 Å². The molecule has 0 heterocycles. The zero-order chi connectivity index (χ0) is 15.5. The number of hydrogen-bond donors (Lipinski definition) is 1. The molecule has 1 saturated carbocycles. The number of amides is 1. The number of nitrogens with zero attached hydrogens (tertiary/aromatic N) is 1. The molecule has 4 nitrogen and oxygen atoms in total. The van der Waals surface area contributed by atoms with E-state index in [9.17, 15) is 4.79 Å². The summed E-state index contributed by atoms with van der Waals surface area (Å²) in [5.74, 6) is 0.986. The number of ether oxygens (including phenoxy) is 1. The molecule has 2 N–H and O–H groups in total. The number of nitrogens with two attached hydrogens (primary N) is 1. The Bertz CT molecular complexity index is 492. The third-order valence-corrected chi connectivity index (χ3v) is 4.94. The van der Waals surface area contributed by atoms with Crippen LogP contribution in [-0.4, -0.2) is 31.5 Å². The summed E-state index contributed by atoms with van der Waals surface area (Å²) in [6.07, 6.45) is 3.90. The van der Waals surface area contributed by atoms with Gasteiger partial charge >= 0.3 is 0 Å². The van der Waals surface area contributed by atoms with Crippen molar-refractivity contribution in [1.29, 1.82) is 0 Å². The van der Waals surface area contributed by atoms with Gasteiger partial charge < -0.3 is 15.4 Å². The van der Waals surface area contributed by atoms with E-state index in [4.69, 9.17) is 10.5 Å². The minimum absolute atomic E-state index is 0.0106. The minimum Gasteiger partial charge on any atom is -0.496 e. The molecule has 0 aliphatic heterocycles. The summed E-state index contributed by atoms with van der Waals surface area (Å²) >= 11 is 0. The number of carbonyl (C=O) groups excluding carboxylic acids is 1. The zero-order valence-electron chi connectivity index (χ0n) is 13.3. The molecule has 21 heavy (non-hydrogen) atoms. The highest BCUT2D eigenvalue weighted by molar-refractivity contribution is 5.77. The standard InChI is InChI=1S/C17H26N2O2/c1-13(14-7-4-5-8-15(14)21-3)19(2)16(20)11-17(12-18)9-6-10-17/h4-5,7-8,13H,6,9-12,18H2,1-3H3. The Hall–Kier alpha value is -1.55. The van der Waals surface area contributed by atoms with Crippen molar-refractivity contribution in [1.82, 2.24) is 4.90 Å². The molecule has 0 bridgehead atoms. The maximum Gasteiger partial charge on any atom is 0.223 e. The van der Waals surface area contributed by atoms with Gasteiger partial charge in [0, 0.05) is 19.0 Å². The number of methoxy groups -OCH3 is 1. The third-order valence-electron chi connectivity index (χ3n) is 4.94. The first kappa shape index (κ1) is 15.8. The number of benzene rings is 1. The highest BCUT2D eigenvalue weighted by Crippen LogP contribution is 2.43. The number of hydrogen-bond acceptors (Lipinski definition) is 3. The van der Waals surface area contributed by atoms with Crippen LogP contribution in [0.4, 0.5) is 0 Å². The zero-order valence-corrected chi connectivity index (χ0v) is 13.3.